The predicted octanol–water partition coefficient (Wildman–Crippen LogP) is 3.71. The fraction of sp³-hybridized carbons (Fsp3) is 0.448. The summed E-state index contributed by atoms with van der Waals surface area (Å²) < 4.78 is 22.8. The zero-order valence-electron chi connectivity index (χ0n) is 21.7. The van der Waals surface area contributed by atoms with E-state index in [0.29, 0.717) is 31.2 Å². The van der Waals surface area contributed by atoms with Crippen LogP contribution in [0.4, 0.5) is 0 Å². The molecule has 9 heteroatoms. The van der Waals surface area contributed by atoms with Crippen LogP contribution in [0.2, 0.25) is 0 Å². The van der Waals surface area contributed by atoms with Gasteiger partial charge in [0.05, 0.1) is 25.9 Å². The highest BCUT2D eigenvalue weighted by Gasteiger charge is 2.20. The SMILES string of the molecule is O=C(NCC1CCCO1)c1coc(CN(CCN2CCOCC2)Cc2cccc(Oc3ccccc3)c2)n1. The third-order valence-corrected chi connectivity index (χ3v) is 6.78. The molecule has 0 radical (unpaired) electrons. The number of para-hydroxylation sites is 1. The van der Waals surface area contributed by atoms with Crippen molar-refractivity contribution in [3.8, 4) is 11.5 Å². The van der Waals surface area contributed by atoms with Crippen molar-refractivity contribution in [1.82, 2.24) is 20.1 Å². The van der Waals surface area contributed by atoms with Crippen molar-refractivity contribution in [3.05, 3.63) is 78.0 Å². The van der Waals surface area contributed by atoms with E-state index in [1.165, 1.54) is 6.26 Å². The number of hydrogen-bond acceptors (Lipinski definition) is 8. The van der Waals surface area contributed by atoms with Crippen LogP contribution in [0, 0.1) is 0 Å². The molecule has 0 aliphatic carbocycles. The Hall–Kier alpha value is -3.24. The molecule has 0 bridgehead atoms. The number of ether oxygens (including phenoxy) is 3. The van der Waals surface area contributed by atoms with Crippen LogP contribution >= 0.6 is 0 Å². The Morgan fingerprint density at radius 2 is 1.89 bits per heavy atom. The van der Waals surface area contributed by atoms with Crippen molar-refractivity contribution < 1.29 is 23.4 Å². The van der Waals surface area contributed by atoms with E-state index in [2.05, 4.69) is 32.2 Å². The monoisotopic (exact) mass is 520 g/mol. The summed E-state index contributed by atoms with van der Waals surface area (Å²) in [6, 6.07) is 17.9. The van der Waals surface area contributed by atoms with E-state index >= 15 is 0 Å². The van der Waals surface area contributed by atoms with Crippen LogP contribution in [0.3, 0.4) is 0 Å². The lowest BCUT2D eigenvalue weighted by atomic mass is 10.2. The molecule has 3 heterocycles. The van der Waals surface area contributed by atoms with Crippen LogP contribution < -0.4 is 10.1 Å². The average molecular weight is 521 g/mol. The Balaban J connectivity index is 1.22. The third-order valence-electron chi connectivity index (χ3n) is 6.78. The van der Waals surface area contributed by atoms with E-state index in [-0.39, 0.29) is 12.0 Å². The van der Waals surface area contributed by atoms with Gasteiger partial charge in [-0.15, -0.1) is 0 Å². The Bertz CT molecular complexity index is 1140. The number of rotatable bonds is 12. The lowest BCUT2D eigenvalue weighted by Crippen LogP contribution is -2.41. The lowest BCUT2D eigenvalue weighted by Gasteiger charge is -2.29. The zero-order valence-corrected chi connectivity index (χ0v) is 21.7. The van der Waals surface area contributed by atoms with Crippen LogP contribution in [0.15, 0.2) is 65.3 Å². The number of nitrogens with zero attached hydrogens (tertiary/aromatic N) is 3. The smallest absolute Gasteiger partial charge is 0.273 e. The maximum Gasteiger partial charge on any atom is 0.273 e. The number of aromatic nitrogens is 1. The second-order valence-electron chi connectivity index (χ2n) is 9.70. The number of amides is 1. The molecule has 2 saturated heterocycles. The maximum absolute atomic E-state index is 12.6. The lowest BCUT2D eigenvalue weighted by molar-refractivity contribution is 0.0320. The van der Waals surface area contributed by atoms with Crippen LogP contribution in [-0.2, 0) is 22.6 Å². The van der Waals surface area contributed by atoms with Crippen molar-refractivity contribution >= 4 is 5.91 Å². The highest BCUT2D eigenvalue weighted by molar-refractivity contribution is 5.91. The van der Waals surface area contributed by atoms with E-state index in [4.69, 9.17) is 18.6 Å². The third kappa shape index (κ3) is 7.88. The molecule has 1 aromatic heterocycles. The van der Waals surface area contributed by atoms with Crippen LogP contribution in [-0.4, -0.2) is 79.3 Å². The molecule has 2 aromatic carbocycles. The number of hydrogen-bond donors (Lipinski definition) is 1. The van der Waals surface area contributed by atoms with Gasteiger partial charge in [0.25, 0.3) is 5.91 Å². The van der Waals surface area contributed by atoms with E-state index < -0.39 is 0 Å². The van der Waals surface area contributed by atoms with Crippen LogP contribution in [0.1, 0.15) is 34.8 Å². The van der Waals surface area contributed by atoms with Gasteiger partial charge >= 0.3 is 0 Å². The van der Waals surface area contributed by atoms with Gasteiger partial charge in [-0.05, 0) is 42.7 Å². The van der Waals surface area contributed by atoms with Gasteiger partial charge in [-0.2, -0.15) is 0 Å². The van der Waals surface area contributed by atoms with Gasteiger partial charge in [-0.1, -0.05) is 30.3 Å². The molecule has 202 valence electrons. The Kier molecular flexibility index (Phi) is 9.39. The first-order valence-corrected chi connectivity index (χ1v) is 13.4. The van der Waals surface area contributed by atoms with Gasteiger partial charge in [0, 0.05) is 45.9 Å². The zero-order chi connectivity index (χ0) is 26.0. The van der Waals surface area contributed by atoms with Crippen LogP contribution in [0.25, 0.3) is 0 Å². The molecule has 1 amide bonds. The molecule has 0 saturated carbocycles. The second kappa shape index (κ2) is 13.5. The molecule has 2 aliphatic heterocycles. The van der Waals surface area contributed by atoms with Gasteiger partial charge in [0.15, 0.2) is 5.69 Å². The summed E-state index contributed by atoms with van der Waals surface area (Å²) in [6.07, 6.45) is 3.54. The number of benzene rings is 2. The number of morpholine rings is 1. The van der Waals surface area contributed by atoms with Crippen molar-refractivity contribution in [2.45, 2.75) is 32.0 Å². The van der Waals surface area contributed by atoms with Crippen molar-refractivity contribution in [3.63, 3.8) is 0 Å². The predicted molar refractivity (Wildman–Crippen MR) is 142 cm³/mol. The summed E-state index contributed by atoms with van der Waals surface area (Å²) in [5.74, 6) is 1.88. The number of nitrogens with one attached hydrogen (secondary N) is 1. The molecule has 9 nitrogen and oxygen atoms in total. The van der Waals surface area contributed by atoms with E-state index in [9.17, 15) is 4.79 Å². The molecular formula is C29H36N4O5. The number of carbonyl (C=O) groups is 1. The highest BCUT2D eigenvalue weighted by Crippen LogP contribution is 2.23. The fourth-order valence-electron chi connectivity index (χ4n) is 4.69. The Morgan fingerprint density at radius 1 is 1.05 bits per heavy atom. The summed E-state index contributed by atoms with van der Waals surface area (Å²) >= 11 is 0. The number of carbonyl (C=O) groups excluding carboxylic acids is 1. The molecule has 1 unspecified atom stereocenters. The average Bonchev–Trinajstić information content (AvgIpc) is 3.64. The minimum atomic E-state index is -0.235. The molecule has 3 aromatic rings. The van der Waals surface area contributed by atoms with Gasteiger partial charge in [-0.25, -0.2) is 4.98 Å². The first-order valence-electron chi connectivity index (χ1n) is 13.4. The van der Waals surface area contributed by atoms with Crippen molar-refractivity contribution in [2.75, 3.05) is 52.5 Å². The molecule has 38 heavy (non-hydrogen) atoms. The van der Waals surface area contributed by atoms with E-state index in [1.807, 2.05) is 42.5 Å². The van der Waals surface area contributed by atoms with Crippen LogP contribution in [0.5, 0.6) is 11.5 Å². The Morgan fingerprint density at radius 3 is 2.71 bits per heavy atom. The quantitative estimate of drug-likeness (QED) is 0.387. The largest absolute Gasteiger partial charge is 0.457 e. The molecule has 0 spiro atoms. The second-order valence-corrected chi connectivity index (χ2v) is 9.70. The van der Waals surface area contributed by atoms with Gasteiger partial charge in [0.1, 0.15) is 17.8 Å². The molecule has 2 fully saturated rings. The summed E-state index contributed by atoms with van der Waals surface area (Å²) in [6.45, 7) is 7.58. The molecule has 1 N–H and O–H groups in total. The molecular weight excluding hydrogens is 484 g/mol. The van der Waals surface area contributed by atoms with Crippen molar-refractivity contribution in [2.24, 2.45) is 0 Å². The van der Waals surface area contributed by atoms with Gasteiger partial charge < -0.3 is 23.9 Å². The molecule has 1 atom stereocenters. The topological polar surface area (TPSA) is 89.3 Å². The minimum absolute atomic E-state index is 0.0858. The summed E-state index contributed by atoms with van der Waals surface area (Å²) in [5.41, 5.74) is 1.42. The van der Waals surface area contributed by atoms with Gasteiger partial charge in [0.2, 0.25) is 5.89 Å². The first-order chi connectivity index (χ1) is 18.7. The van der Waals surface area contributed by atoms with E-state index in [0.717, 1.165) is 75.9 Å². The minimum Gasteiger partial charge on any atom is -0.457 e. The van der Waals surface area contributed by atoms with Gasteiger partial charge in [-0.3, -0.25) is 14.6 Å². The van der Waals surface area contributed by atoms with E-state index in [1.54, 1.807) is 0 Å². The fourth-order valence-corrected chi connectivity index (χ4v) is 4.69. The molecule has 5 rings (SSSR count). The normalized spacial score (nSPS) is 18.1. The Labute approximate surface area is 223 Å². The first kappa shape index (κ1) is 26.4. The number of oxazole rings is 1. The van der Waals surface area contributed by atoms with Crippen molar-refractivity contribution in [1.29, 1.82) is 0 Å². The molecule has 2 aliphatic rings. The summed E-state index contributed by atoms with van der Waals surface area (Å²) in [7, 11) is 0. The maximum atomic E-state index is 12.6. The standard InChI is InChI=1S/C29H36N4O5/c34-29(30-19-26-10-5-15-36-26)27-22-37-28(31-27)21-33(12-11-32-13-16-35-17-14-32)20-23-6-4-9-25(18-23)38-24-7-2-1-3-8-24/h1-4,6-9,18,22,26H,5,10-17,19-21H2,(H,30,34). The summed E-state index contributed by atoms with van der Waals surface area (Å²) in [5, 5.41) is 2.91. The highest BCUT2D eigenvalue weighted by atomic mass is 16.5. The summed E-state index contributed by atoms with van der Waals surface area (Å²) in [4.78, 5) is 21.8.